The molecule has 4 nitrogen and oxygen atoms in total. The van der Waals surface area contributed by atoms with Crippen LogP contribution in [0.4, 0.5) is 0 Å². The molecular weight excluding hydrogens is 314 g/mol. The molecule has 1 aromatic carbocycles. The highest BCUT2D eigenvalue weighted by Crippen LogP contribution is 2.23. The Morgan fingerprint density at radius 2 is 1.91 bits per heavy atom. The Bertz CT molecular complexity index is 544. The van der Waals surface area contributed by atoms with Gasteiger partial charge in [0.2, 0.25) is 0 Å². The van der Waals surface area contributed by atoms with Gasteiger partial charge < -0.3 is 10.1 Å². The van der Waals surface area contributed by atoms with Crippen molar-refractivity contribution in [3.8, 4) is 0 Å². The fraction of sp³-hybridized carbons (Fsp3) is 0.556. The van der Waals surface area contributed by atoms with Crippen LogP contribution in [-0.2, 0) is 20.7 Å². The largest absolute Gasteiger partial charge is 0.452 e. The van der Waals surface area contributed by atoms with Gasteiger partial charge in [-0.2, -0.15) is 0 Å². The molecule has 1 aromatic rings. The number of hydrogen-bond donors (Lipinski definition) is 1. The van der Waals surface area contributed by atoms with Crippen LogP contribution in [0.2, 0.25) is 5.02 Å². The number of carbonyl (C=O) groups is 2. The van der Waals surface area contributed by atoms with E-state index < -0.39 is 12.1 Å². The molecule has 1 aliphatic carbocycles. The Kier molecular flexibility index (Phi) is 6.46. The van der Waals surface area contributed by atoms with Crippen LogP contribution in [0.15, 0.2) is 24.3 Å². The van der Waals surface area contributed by atoms with E-state index in [1.165, 1.54) is 6.42 Å². The van der Waals surface area contributed by atoms with Crippen molar-refractivity contribution < 1.29 is 14.3 Å². The van der Waals surface area contributed by atoms with Crippen molar-refractivity contribution >= 4 is 23.5 Å². The van der Waals surface area contributed by atoms with Gasteiger partial charge in [-0.15, -0.1) is 0 Å². The molecule has 0 aliphatic heterocycles. The molecule has 0 unspecified atom stereocenters. The highest BCUT2D eigenvalue weighted by Gasteiger charge is 2.26. The van der Waals surface area contributed by atoms with Gasteiger partial charge in [0.1, 0.15) is 0 Å². The lowest BCUT2D eigenvalue weighted by Crippen LogP contribution is -2.46. The highest BCUT2D eigenvalue weighted by atomic mass is 35.5. The number of nitrogens with one attached hydrogen (secondary N) is 1. The van der Waals surface area contributed by atoms with E-state index in [1.807, 2.05) is 0 Å². The number of hydrogen-bond acceptors (Lipinski definition) is 3. The van der Waals surface area contributed by atoms with Gasteiger partial charge in [-0.05, 0) is 43.4 Å². The van der Waals surface area contributed by atoms with Crippen LogP contribution in [0.25, 0.3) is 0 Å². The average molecular weight is 338 g/mol. The fourth-order valence-electron chi connectivity index (χ4n) is 2.89. The zero-order chi connectivity index (χ0) is 16.8. The molecule has 1 aliphatic rings. The van der Waals surface area contributed by atoms with E-state index in [1.54, 1.807) is 31.2 Å². The van der Waals surface area contributed by atoms with Gasteiger partial charge in [0.15, 0.2) is 6.10 Å². The third-order valence-corrected chi connectivity index (χ3v) is 4.63. The van der Waals surface area contributed by atoms with Crippen molar-refractivity contribution in [2.75, 3.05) is 0 Å². The van der Waals surface area contributed by atoms with Crippen LogP contribution in [0.1, 0.15) is 45.1 Å². The van der Waals surface area contributed by atoms with Crippen molar-refractivity contribution in [1.82, 2.24) is 5.32 Å². The Labute approximate surface area is 142 Å². The number of rotatable bonds is 5. The van der Waals surface area contributed by atoms with E-state index in [2.05, 4.69) is 12.2 Å². The number of halogens is 1. The lowest BCUT2D eigenvalue weighted by molar-refractivity contribution is -0.154. The maximum atomic E-state index is 12.2. The first-order valence-electron chi connectivity index (χ1n) is 8.20. The maximum absolute atomic E-state index is 12.2. The van der Waals surface area contributed by atoms with Crippen molar-refractivity contribution in [3.05, 3.63) is 34.9 Å². The monoisotopic (exact) mass is 337 g/mol. The molecule has 2 rings (SSSR count). The lowest BCUT2D eigenvalue weighted by atomic mass is 9.86. The number of carbonyl (C=O) groups excluding carboxylic acids is 2. The molecule has 0 radical (unpaired) electrons. The van der Waals surface area contributed by atoms with Gasteiger partial charge in [-0.25, -0.2) is 0 Å². The lowest BCUT2D eigenvalue weighted by Gasteiger charge is -2.30. The van der Waals surface area contributed by atoms with E-state index >= 15 is 0 Å². The molecule has 0 spiro atoms. The molecule has 126 valence electrons. The summed E-state index contributed by atoms with van der Waals surface area (Å²) < 4.78 is 5.24. The smallest absolute Gasteiger partial charge is 0.311 e. The zero-order valence-electron chi connectivity index (χ0n) is 13.7. The molecule has 1 N–H and O–H groups in total. The van der Waals surface area contributed by atoms with Gasteiger partial charge in [-0.3, -0.25) is 9.59 Å². The van der Waals surface area contributed by atoms with E-state index in [0.29, 0.717) is 10.9 Å². The second kappa shape index (κ2) is 8.34. The minimum absolute atomic E-state index is 0.134. The Morgan fingerprint density at radius 3 is 2.57 bits per heavy atom. The van der Waals surface area contributed by atoms with Gasteiger partial charge in [-0.1, -0.05) is 43.5 Å². The Hall–Kier alpha value is -1.55. The molecular formula is C18H24ClNO3. The Balaban J connectivity index is 1.80. The van der Waals surface area contributed by atoms with Crippen LogP contribution in [0.5, 0.6) is 0 Å². The van der Waals surface area contributed by atoms with Crippen LogP contribution in [0.3, 0.4) is 0 Å². The fourth-order valence-corrected chi connectivity index (χ4v) is 3.02. The zero-order valence-corrected chi connectivity index (χ0v) is 14.4. The topological polar surface area (TPSA) is 55.4 Å². The molecule has 23 heavy (non-hydrogen) atoms. The van der Waals surface area contributed by atoms with Gasteiger partial charge in [0.05, 0.1) is 6.42 Å². The molecule has 0 aromatic heterocycles. The van der Waals surface area contributed by atoms with E-state index in [4.69, 9.17) is 16.3 Å². The van der Waals surface area contributed by atoms with Crippen molar-refractivity contribution in [1.29, 1.82) is 0 Å². The molecule has 1 saturated carbocycles. The van der Waals surface area contributed by atoms with Crippen molar-refractivity contribution in [2.24, 2.45) is 5.92 Å². The highest BCUT2D eigenvalue weighted by molar-refractivity contribution is 6.30. The second-order valence-corrected chi connectivity index (χ2v) is 6.75. The van der Waals surface area contributed by atoms with Crippen molar-refractivity contribution in [2.45, 2.75) is 58.1 Å². The van der Waals surface area contributed by atoms with E-state index in [-0.39, 0.29) is 18.4 Å². The number of benzene rings is 1. The summed E-state index contributed by atoms with van der Waals surface area (Å²) in [4.78, 5) is 24.1. The summed E-state index contributed by atoms with van der Waals surface area (Å²) in [5, 5.41) is 3.63. The normalized spacial score (nSPS) is 22.2. The predicted octanol–water partition coefficient (Wildman–Crippen LogP) is 3.51. The van der Waals surface area contributed by atoms with E-state index in [0.717, 1.165) is 24.8 Å². The van der Waals surface area contributed by atoms with E-state index in [9.17, 15) is 9.59 Å². The summed E-state index contributed by atoms with van der Waals surface area (Å²) in [5.74, 6) is -0.149. The molecule has 1 amide bonds. The van der Waals surface area contributed by atoms with Crippen LogP contribution in [-0.4, -0.2) is 24.0 Å². The first kappa shape index (κ1) is 17.8. The summed E-state index contributed by atoms with van der Waals surface area (Å²) >= 11 is 5.81. The predicted molar refractivity (Wildman–Crippen MR) is 90.3 cm³/mol. The standard InChI is InChI=1S/C18H24ClNO3/c1-12-5-3-4-6-16(12)20-18(22)13(2)23-17(21)11-14-7-9-15(19)10-8-14/h7-10,12-13,16H,3-6,11H2,1-2H3,(H,20,22)/t12-,13-,16+/m1/s1. The van der Waals surface area contributed by atoms with Crippen LogP contribution < -0.4 is 5.32 Å². The molecule has 0 bridgehead atoms. The Morgan fingerprint density at radius 1 is 1.26 bits per heavy atom. The summed E-state index contributed by atoms with van der Waals surface area (Å²) in [6.45, 7) is 3.77. The summed E-state index contributed by atoms with van der Waals surface area (Å²) in [6, 6.07) is 7.19. The summed E-state index contributed by atoms with van der Waals surface area (Å²) in [5.41, 5.74) is 0.813. The molecule has 0 saturated heterocycles. The number of esters is 1. The minimum Gasteiger partial charge on any atom is -0.452 e. The van der Waals surface area contributed by atoms with Crippen molar-refractivity contribution in [3.63, 3.8) is 0 Å². The van der Waals surface area contributed by atoms with Crippen LogP contribution >= 0.6 is 11.6 Å². The quantitative estimate of drug-likeness (QED) is 0.836. The summed E-state index contributed by atoms with van der Waals surface area (Å²) in [6.07, 6.45) is 3.85. The third-order valence-electron chi connectivity index (χ3n) is 4.38. The summed E-state index contributed by atoms with van der Waals surface area (Å²) in [7, 11) is 0. The second-order valence-electron chi connectivity index (χ2n) is 6.31. The van der Waals surface area contributed by atoms with Crippen LogP contribution in [0, 0.1) is 5.92 Å². The minimum atomic E-state index is -0.774. The van der Waals surface area contributed by atoms with Gasteiger partial charge >= 0.3 is 5.97 Å². The molecule has 3 atom stereocenters. The first-order valence-corrected chi connectivity index (χ1v) is 8.58. The third kappa shape index (κ3) is 5.54. The first-order chi connectivity index (χ1) is 11.0. The number of amides is 1. The molecule has 1 fully saturated rings. The average Bonchev–Trinajstić information content (AvgIpc) is 2.51. The maximum Gasteiger partial charge on any atom is 0.311 e. The number of ether oxygens (including phenoxy) is 1. The molecule has 5 heteroatoms. The van der Waals surface area contributed by atoms with Gasteiger partial charge in [0.25, 0.3) is 5.91 Å². The van der Waals surface area contributed by atoms with Gasteiger partial charge in [0, 0.05) is 11.1 Å². The SMILES string of the molecule is C[C@@H]1CCCC[C@@H]1NC(=O)[C@@H](C)OC(=O)Cc1ccc(Cl)cc1. The molecule has 0 heterocycles.